The molecule has 4 heteroatoms. The third kappa shape index (κ3) is 6.76. The molecule has 0 spiro atoms. The van der Waals surface area contributed by atoms with Crippen molar-refractivity contribution in [2.75, 3.05) is 10.2 Å². The zero-order valence-electron chi connectivity index (χ0n) is 25.9. The Morgan fingerprint density at radius 1 is 0.575 bits per heavy atom. The fourth-order valence-electron chi connectivity index (χ4n) is 4.86. The molecule has 4 rings (SSSR count). The van der Waals surface area contributed by atoms with Gasteiger partial charge in [-0.25, -0.2) is 0 Å². The molecule has 0 aliphatic carbocycles. The molecule has 40 heavy (non-hydrogen) atoms. The predicted octanol–water partition coefficient (Wildman–Crippen LogP) is 9.70. The zero-order valence-corrected chi connectivity index (χ0v) is 26.7. The molecule has 0 aliphatic rings. The van der Waals surface area contributed by atoms with Crippen molar-refractivity contribution < 1.29 is 0 Å². The van der Waals surface area contributed by atoms with E-state index in [1.165, 1.54) is 16.7 Å². The first-order chi connectivity index (χ1) is 18.5. The molecule has 208 valence electrons. The number of rotatable bonds is 5. The Morgan fingerprint density at radius 2 is 0.950 bits per heavy atom. The van der Waals surface area contributed by atoms with E-state index in [-0.39, 0.29) is 16.2 Å². The van der Waals surface area contributed by atoms with Crippen molar-refractivity contribution in [3.63, 3.8) is 0 Å². The average Bonchev–Trinajstić information content (AvgIpc) is 2.86. The Kier molecular flexibility index (Phi) is 8.21. The number of hydrogen-bond acceptors (Lipinski definition) is 2. The van der Waals surface area contributed by atoms with Gasteiger partial charge in [-0.05, 0) is 81.5 Å². The van der Waals surface area contributed by atoms with Crippen LogP contribution in [0.4, 0.5) is 28.4 Å². The summed E-state index contributed by atoms with van der Waals surface area (Å²) in [6.07, 6.45) is 0. The summed E-state index contributed by atoms with van der Waals surface area (Å²) in [5.74, 6) is 0. The number of halogens is 1. The van der Waals surface area contributed by atoms with Crippen LogP contribution in [0.25, 0.3) is 0 Å². The van der Waals surface area contributed by atoms with Crippen LogP contribution in [0.2, 0.25) is 5.02 Å². The summed E-state index contributed by atoms with van der Waals surface area (Å²) < 4.78 is 0. The first kappa shape index (κ1) is 29.8. The quantitative estimate of drug-likeness (QED) is 0.249. The van der Waals surface area contributed by atoms with Gasteiger partial charge in [0.25, 0.3) is 0 Å². The van der Waals surface area contributed by atoms with E-state index in [9.17, 15) is 0 Å². The molecule has 2 nitrogen and oxygen atoms in total. The summed E-state index contributed by atoms with van der Waals surface area (Å²) in [6, 6.07) is 30.7. The summed E-state index contributed by atoms with van der Waals surface area (Å²) in [4.78, 5) is 2.27. The van der Waals surface area contributed by atoms with Crippen molar-refractivity contribution in [3.8, 4) is 0 Å². The van der Waals surface area contributed by atoms with Crippen LogP contribution in [0, 0.1) is 0 Å². The number of hydrogen-bond donors (Lipinski definition) is 1. The molecule has 0 amide bonds. The number of benzene rings is 4. The van der Waals surface area contributed by atoms with Gasteiger partial charge in [0, 0.05) is 17.1 Å². The normalized spacial score (nSPS) is 12.3. The molecule has 0 bridgehead atoms. The van der Waals surface area contributed by atoms with Crippen LogP contribution in [0.1, 0.15) is 79.0 Å². The second-order valence-electron chi connectivity index (χ2n) is 14.0. The molecule has 0 atom stereocenters. The fourth-order valence-corrected chi connectivity index (χ4v) is 5.10. The lowest BCUT2D eigenvalue weighted by Crippen LogP contribution is -2.17. The van der Waals surface area contributed by atoms with Crippen molar-refractivity contribution in [2.24, 2.45) is 0 Å². The van der Waals surface area contributed by atoms with Crippen LogP contribution in [0.15, 0.2) is 84.9 Å². The number of nitrogens with zero attached hydrogens (tertiary/aromatic N) is 1. The van der Waals surface area contributed by atoms with Crippen LogP contribution < -0.4 is 15.7 Å². The van der Waals surface area contributed by atoms with Gasteiger partial charge in [-0.15, -0.1) is 0 Å². The highest BCUT2D eigenvalue weighted by Gasteiger charge is 2.22. The number of anilines is 5. The van der Waals surface area contributed by atoms with Crippen LogP contribution in [-0.2, 0) is 16.2 Å². The van der Waals surface area contributed by atoms with Crippen molar-refractivity contribution in [3.05, 3.63) is 107 Å². The van der Waals surface area contributed by atoms with Crippen LogP contribution in [-0.4, -0.2) is 7.85 Å². The Labute approximate surface area is 248 Å². The molecule has 0 radical (unpaired) electrons. The van der Waals surface area contributed by atoms with E-state index in [4.69, 9.17) is 11.6 Å². The van der Waals surface area contributed by atoms with Gasteiger partial charge < -0.3 is 10.2 Å². The predicted molar refractivity (Wildman–Crippen MR) is 180 cm³/mol. The lowest BCUT2D eigenvalue weighted by molar-refractivity contribution is 0.590. The monoisotopic (exact) mass is 550 g/mol. The molecule has 0 heterocycles. The summed E-state index contributed by atoms with van der Waals surface area (Å²) in [5, 5.41) is 4.27. The van der Waals surface area contributed by atoms with E-state index in [1.807, 2.05) is 0 Å². The maximum atomic E-state index is 7.23. The molecule has 0 aromatic heterocycles. The molecular formula is C36H44BClN2. The van der Waals surface area contributed by atoms with Crippen LogP contribution in [0.3, 0.4) is 0 Å². The van der Waals surface area contributed by atoms with E-state index < -0.39 is 0 Å². The van der Waals surface area contributed by atoms with Crippen molar-refractivity contribution >= 4 is 53.3 Å². The summed E-state index contributed by atoms with van der Waals surface area (Å²) >= 11 is 7.23. The lowest BCUT2D eigenvalue weighted by atomic mass is 9.86. The van der Waals surface area contributed by atoms with E-state index in [0.29, 0.717) is 5.02 Å². The Hall–Kier alpha value is -3.17. The second-order valence-corrected chi connectivity index (χ2v) is 14.4. The van der Waals surface area contributed by atoms with Gasteiger partial charge in [0.2, 0.25) is 0 Å². The average molecular weight is 551 g/mol. The lowest BCUT2D eigenvalue weighted by Gasteiger charge is -2.29. The summed E-state index contributed by atoms with van der Waals surface area (Å²) in [7, 11) is 2.12. The van der Waals surface area contributed by atoms with E-state index in [0.717, 1.165) is 33.9 Å². The second kappa shape index (κ2) is 11.0. The molecule has 0 fully saturated rings. The van der Waals surface area contributed by atoms with Gasteiger partial charge in [-0.3, -0.25) is 0 Å². The Bertz CT molecular complexity index is 1390. The largest absolute Gasteiger partial charge is 0.354 e. The highest BCUT2D eigenvalue weighted by Crippen LogP contribution is 2.43. The minimum atomic E-state index is 0.0817. The van der Waals surface area contributed by atoms with Gasteiger partial charge in [-0.1, -0.05) is 116 Å². The first-order valence-corrected chi connectivity index (χ1v) is 14.6. The molecule has 0 saturated heterocycles. The third-order valence-corrected chi connectivity index (χ3v) is 7.85. The summed E-state index contributed by atoms with van der Waals surface area (Å²) in [6.45, 7) is 20.2. The maximum absolute atomic E-state index is 7.23. The maximum Gasteiger partial charge on any atom is 0.139 e. The van der Waals surface area contributed by atoms with E-state index in [1.54, 1.807) is 0 Å². The van der Waals surface area contributed by atoms with E-state index in [2.05, 4.69) is 165 Å². The number of nitrogens with one attached hydrogen (secondary N) is 1. The van der Waals surface area contributed by atoms with Crippen molar-refractivity contribution in [2.45, 2.75) is 78.6 Å². The smallest absolute Gasteiger partial charge is 0.139 e. The molecular weight excluding hydrogens is 507 g/mol. The van der Waals surface area contributed by atoms with Crippen molar-refractivity contribution in [1.29, 1.82) is 0 Å². The van der Waals surface area contributed by atoms with Crippen LogP contribution >= 0.6 is 11.6 Å². The third-order valence-electron chi connectivity index (χ3n) is 7.45. The SMILES string of the molecule is Bc1cc(Nc2ccc(C(C)(C)C)cc2)c(Cl)c(N(c2ccc(C(C)(C)C)cc2)c2ccc(C(C)(C)C)cc2)c1. The highest BCUT2D eigenvalue weighted by atomic mass is 35.5. The minimum Gasteiger partial charge on any atom is -0.354 e. The zero-order chi connectivity index (χ0) is 29.5. The standard InChI is InChI=1S/C36H44BClN2/c1-34(2,3)24-10-16-28(17-11-24)39-31-22-27(37)23-32(33(31)38)40(29-18-12-25(13-19-29)35(4,5)6)30-20-14-26(15-21-30)36(7,8)9/h10-23,39H,37H2,1-9H3. The highest BCUT2D eigenvalue weighted by molar-refractivity contribution is 6.39. The topological polar surface area (TPSA) is 15.3 Å². The van der Waals surface area contributed by atoms with Crippen molar-refractivity contribution in [1.82, 2.24) is 0 Å². The molecule has 1 N–H and O–H groups in total. The molecule has 4 aromatic rings. The summed E-state index contributed by atoms with van der Waals surface area (Å²) in [5.41, 5.74) is 10.3. The fraction of sp³-hybridized carbons (Fsp3) is 0.333. The van der Waals surface area contributed by atoms with E-state index >= 15 is 0 Å². The molecule has 4 aromatic carbocycles. The molecule has 0 aliphatic heterocycles. The Morgan fingerprint density at radius 3 is 1.32 bits per heavy atom. The van der Waals surface area contributed by atoms with Gasteiger partial charge in [0.15, 0.2) is 0 Å². The Balaban J connectivity index is 1.81. The molecule has 0 saturated carbocycles. The minimum absolute atomic E-state index is 0.0817. The van der Waals surface area contributed by atoms with Gasteiger partial charge in [0.1, 0.15) is 7.85 Å². The van der Waals surface area contributed by atoms with Gasteiger partial charge in [-0.2, -0.15) is 0 Å². The first-order valence-electron chi connectivity index (χ1n) is 14.2. The van der Waals surface area contributed by atoms with Gasteiger partial charge in [0.05, 0.1) is 16.4 Å². The van der Waals surface area contributed by atoms with Crippen LogP contribution in [0.5, 0.6) is 0 Å². The van der Waals surface area contributed by atoms with Gasteiger partial charge >= 0.3 is 0 Å². The molecule has 0 unspecified atom stereocenters.